The minimum absolute atomic E-state index is 0.344. The number of hydrogen-bond acceptors (Lipinski definition) is 4. The fourth-order valence-electron chi connectivity index (χ4n) is 2.41. The third-order valence-corrected chi connectivity index (χ3v) is 3.48. The van der Waals surface area contributed by atoms with Crippen molar-refractivity contribution in [3.8, 4) is 5.75 Å². The van der Waals surface area contributed by atoms with E-state index in [-0.39, 0.29) is 12.5 Å². The first kappa shape index (κ1) is 17.5. The normalized spacial score (nSPS) is 10.2. The Morgan fingerprint density at radius 3 is 2.29 bits per heavy atom. The molecule has 0 saturated carbocycles. The highest BCUT2D eigenvalue weighted by molar-refractivity contribution is 5.95. The van der Waals surface area contributed by atoms with Crippen LogP contribution in [0.3, 0.4) is 0 Å². The summed E-state index contributed by atoms with van der Waals surface area (Å²) < 4.78 is 10.2. The van der Waals surface area contributed by atoms with E-state index >= 15 is 0 Å². The Hall–Kier alpha value is -2.82. The van der Waals surface area contributed by atoms with Crippen LogP contribution in [0.25, 0.3) is 0 Å². The molecule has 0 aliphatic heterocycles. The molecule has 0 aliphatic rings. The number of esters is 1. The summed E-state index contributed by atoms with van der Waals surface area (Å²) in [6.45, 7) is 5.44. The molecule has 2 aromatic rings. The van der Waals surface area contributed by atoms with Gasteiger partial charge in [0.15, 0.2) is 6.61 Å². The van der Waals surface area contributed by atoms with Crippen molar-refractivity contribution in [2.45, 2.75) is 20.8 Å². The van der Waals surface area contributed by atoms with E-state index in [1.165, 1.54) is 7.11 Å². The molecule has 0 aliphatic carbocycles. The van der Waals surface area contributed by atoms with Gasteiger partial charge in [-0.25, -0.2) is 4.79 Å². The summed E-state index contributed by atoms with van der Waals surface area (Å²) in [6, 6.07) is 10.7. The molecule has 5 heteroatoms. The number of hydrogen-bond donors (Lipinski definition) is 1. The van der Waals surface area contributed by atoms with Crippen molar-refractivity contribution in [1.29, 1.82) is 0 Å². The molecule has 0 bridgehead atoms. The number of methoxy groups -OCH3 is 1. The summed E-state index contributed by atoms with van der Waals surface area (Å²) >= 11 is 0. The predicted octanol–water partition coefficient (Wildman–Crippen LogP) is 3.42. The zero-order chi connectivity index (χ0) is 17.7. The molecule has 0 fully saturated rings. The average molecular weight is 327 g/mol. The van der Waals surface area contributed by atoms with Gasteiger partial charge in [-0.1, -0.05) is 12.1 Å². The zero-order valence-corrected chi connectivity index (χ0v) is 14.3. The molecule has 24 heavy (non-hydrogen) atoms. The van der Waals surface area contributed by atoms with Gasteiger partial charge in [-0.3, -0.25) is 4.79 Å². The number of nitrogens with one attached hydrogen (secondary N) is 1. The Morgan fingerprint density at radius 2 is 1.67 bits per heavy atom. The van der Waals surface area contributed by atoms with Gasteiger partial charge >= 0.3 is 5.97 Å². The molecule has 0 unspecified atom stereocenters. The minimum atomic E-state index is -0.566. The van der Waals surface area contributed by atoms with E-state index < -0.39 is 5.97 Å². The molecule has 0 spiro atoms. The summed E-state index contributed by atoms with van der Waals surface area (Å²) in [6.07, 6.45) is 0. The molecule has 0 heterocycles. The van der Waals surface area contributed by atoms with Gasteiger partial charge in [-0.05, 0) is 61.7 Å². The lowest BCUT2D eigenvalue weighted by atomic mass is 10.1. The van der Waals surface area contributed by atoms with Crippen molar-refractivity contribution in [3.05, 3.63) is 58.7 Å². The first-order chi connectivity index (χ1) is 11.4. The Bertz CT molecular complexity index is 748. The standard InChI is InChI=1S/C19H21NO4/c1-12-7-13(2)9-16(8-12)20-18(21)11-24-19(22)15-6-5-14(3)17(10-15)23-4/h5-10H,11H2,1-4H3,(H,20,21). The number of aryl methyl sites for hydroxylation is 3. The number of carbonyl (C=O) groups excluding carboxylic acids is 2. The van der Waals surface area contributed by atoms with Crippen molar-refractivity contribution >= 4 is 17.6 Å². The fourth-order valence-corrected chi connectivity index (χ4v) is 2.41. The number of amides is 1. The van der Waals surface area contributed by atoms with E-state index in [1.54, 1.807) is 18.2 Å². The van der Waals surface area contributed by atoms with Gasteiger partial charge in [0.1, 0.15) is 5.75 Å². The van der Waals surface area contributed by atoms with E-state index in [1.807, 2.05) is 39.0 Å². The van der Waals surface area contributed by atoms with Gasteiger partial charge in [0.25, 0.3) is 5.91 Å². The van der Waals surface area contributed by atoms with E-state index in [0.717, 1.165) is 16.7 Å². The average Bonchev–Trinajstić information content (AvgIpc) is 2.52. The summed E-state index contributed by atoms with van der Waals surface area (Å²) in [7, 11) is 1.54. The Balaban J connectivity index is 1.94. The monoisotopic (exact) mass is 327 g/mol. The molecule has 0 aromatic heterocycles. The maximum Gasteiger partial charge on any atom is 0.338 e. The predicted molar refractivity (Wildman–Crippen MR) is 92.6 cm³/mol. The highest BCUT2D eigenvalue weighted by atomic mass is 16.5. The van der Waals surface area contributed by atoms with Crippen LogP contribution in [-0.2, 0) is 9.53 Å². The van der Waals surface area contributed by atoms with Crippen molar-refractivity contribution in [1.82, 2.24) is 0 Å². The lowest BCUT2D eigenvalue weighted by Gasteiger charge is -2.09. The van der Waals surface area contributed by atoms with Crippen LogP contribution in [0.5, 0.6) is 5.75 Å². The molecule has 0 radical (unpaired) electrons. The van der Waals surface area contributed by atoms with E-state index in [0.29, 0.717) is 17.0 Å². The quantitative estimate of drug-likeness (QED) is 0.855. The van der Waals surface area contributed by atoms with E-state index in [9.17, 15) is 9.59 Å². The van der Waals surface area contributed by atoms with Crippen molar-refractivity contribution in [2.75, 3.05) is 19.0 Å². The molecule has 1 N–H and O–H groups in total. The maximum atomic E-state index is 12.0. The van der Waals surface area contributed by atoms with Gasteiger partial charge in [0.2, 0.25) is 0 Å². The van der Waals surface area contributed by atoms with Gasteiger partial charge in [0, 0.05) is 5.69 Å². The van der Waals surface area contributed by atoms with Crippen LogP contribution < -0.4 is 10.1 Å². The van der Waals surface area contributed by atoms with Crippen LogP contribution in [0.4, 0.5) is 5.69 Å². The molecular formula is C19H21NO4. The molecule has 0 saturated heterocycles. The molecular weight excluding hydrogens is 306 g/mol. The van der Waals surface area contributed by atoms with Crippen LogP contribution in [0.15, 0.2) is 36.4 Å². The Kier molecular flexibility index (Phi) is 5.58. The van der Waals surface area contributed by atoms with Gasteiger partial charge in [-0.15, -0.1) is 0 Å². The number of anilines is 1. The number of rotatable bonds is 5. The van der Waals surface area contributed by atoms with Crippen molar-refractivity contribution < 1.29 is 19.1 Å². The van der Waals surface area contributed by atoms with Crippen LogP contribution in [-0.4, -0.2) is 25.6 Å². The van der Waals surface area contributed by atoms with Crippen LogP contribution in [0, 0.1) is 20.8 Å². The third-order valence-electron chi connectivity index (χ3n) is 3.48. The van der Waals surface area contributed by atoms with Crippen molar-refractivity contribution in [3.63, 3.8) is 0 Å². The number of carbonyl (C=O) groups is 2. The second kappa shape index (κ2) is 7.64. The van der Waals surface area contributed by atoms with Crippen LogP contribution >= 0.6 is 0 Å². The maximum absolute atomic E-state index is 12.0. The van der Waals surface area contributed by atoms with Crippen LogP contribution in [0.2, 0.25) is 0 Å². The molecule has 1 amide bonds. The topological polar surface area (TPSA) is 64.6 Å². The molecule has 0 atom stereocenters. The summed E-state index contributed by atoms with van der Waals surface area (Å²) in [5, 5.41) is 2.72. The highest BCUT2D eigenvalue weighted by Gasteiger charge is 2.12. The van der Waals surface area contributed by atoms with Crippen molar-refractivity contribution in [2.24, 2.45) is 0 Å². The second-order valence-corrected chi connectivity index (χ2v) is 5.69. The van der Waals surface area contributed by atoms with E-state index in [2.05, 4.69) is 5.32 Å². The SMILES string of the molecule is COc1cc(C(=O)OCC(=O)Nc2cc(C)cc(C)c2)ccc1C. The lowest BCUT2D eigenvalue weighted by molar-refractivity contribution is -0.119. The van der Waals surface area contributed by atoms with Crippen LogP contribution in [0.1, 0.15) is 27.0 Å². The third kappa shape index (κ3) is 4.59. The summed E-state index contributed by atoms with van der Waals surface area (Å²) in [5.74, 6) is -0.347. The zero-order valence-electron chi connectivity index (χ0n) is 14.3. The smallest absolute Gasteiger partial charge is 0.338 e. The number of benzene rings is 2. The largest absolute Gasteiger partial charge is 0.496 e. The molecule has 2 aromatic carbocycles. The minimum Gasteiger partial charge on any atom is -0.496 e. The van der Waals surface area contributed by atoms with Gasteiger partial charge in [0.05, 0.1) is 12.7 Å². The first-order valence-electron chi connectivity index (χ1n) is 7.59. The van der Waals surface area contributed by atoms with Gasteiger partial charge in [-0.2, -0.15) is 0 Å². The Morgan fingerprint density at radius 1 is 1.00 bits per heavy atom. The fraction of sp³-hybridized carbons (Fsp3) is 0.263. The Labute approximate surface area is 141 Å². The first-order valence-corrected chi connectivity index (χ1v) is 7.59. The summed E-state index contributed by atoms with van der Waals surface area (Å²) in [5.41, 5.74) is 4.05. The van der Waals surface area contributed by atoms with Gasteiger partial charge < -0.3 is 14.8 Å². The molecule has 126 valence electrons. The number of ether oxygens (including phenoxy) is 2. The molecule has 2 rings (SSSR count). The second-order valence-electron chi connectivity index (χ2n) is 5.69. The summed E-state index contributed by atoms with van der Waals surface area (Å²) in [4.78, 5) is 24.0. The lowest BCUT2D eigenvalue weighted by Crippen LogP contribution is -2.21. The highest BCUT2D eigenvalue weighted by Crippen LogP contribution is 2.19. The van der Waals surface area contributed by atoms with E-state index in [4.69, 9.17) is 9.47 Å². The molecule has 5 nitrogen and oxygen atoms in total.